The van der Waals surface area contributed by atoms with Crippen LogP contribution in [0.15, 0.2) is 65.6 Å². The van der Waals surface area contributed by atoms with E-state index < -0.39 is 11.9 Å². The van der Waals surface area contributed by atoms with E-state index in [1.165, 1.54) is 19.2 Å². The predicted octanol–water partition coefficient (Wildman–Crippen LogP) is 5.32. The number of carboxylic acids is 1. The molecule has 3 aromatic rings. The SMILES string of the molecule is COC(=O)c1ccc(-c2ccccc2)cc1NSc1cc(C(=O)O)cc(Cl)c1O. The molecular formula is C21H16ClNO5S. The number of halogens is 1. The minimum Gasteiger partial charge on any atom is -0.505 e. The zero-order chi connectivity index (χ0) is 21.0. The number of nitrogens with one attached hydrogen (secondary N) is 1. The van der Waals surface area contributed by atoms with E-state index in [1.807, 2.05) is 30.3 Å². The Labute approximate surface area is 176 Å². The van der Waals surface area contributed by atoms with Gasteiger partial charge in [0.25, 0.3) is 0 Å². The first-order valence-electron chi connectivity index (χ1n) is 8.37. The highest BCUT2D eigenvalue weighted by atomic mass is 35.5. The highest BCUT2D eigenvalue weighted by Gasteiger charge is 2.17. The fraction of sp³-hybridized carbons (Fsp3) is 0.0476. The molecular weight excluding hydrogens is 414 g/mol. The monoisotopic (exact) mass is 429 g/mol. The molecule has 6 nitrogen and oxygen atoms in total. The minimum absolute atomic E-state index is 0.0664. The zero-order valence-electron chi connectivity index (χ0n) is 15.2. The van der Waals surface area contributed by atoms with Gasteiger partial charge >= 0.3 is 11.9 Å². The molecule has 3 aromatic carbocycles. The lowest BCUT2D eigenvalue weighted by atomic mass is 10.0. The topological polar surface area (TPSA) is 95.9 Å². The number of carbonyl (C=O) groups excluding carboxylic acids is 1. The molecule has 0 amide bonds. The third kappa shape index (κ3) is 4.64. The van der Waals surface area contributed by atoms with Crippen molar-refractivity contribution in [3.63, 3.8) is 0 Å². The Bertz CT molecular complexity index is 1070. The van der Waals surface area contributed by atoms with Crippen molar-refractivity contribution < 1.29 is 24.5 Å². The molecule has 0 radical (unpaired) electrons. The molecule has 0 aromatic heterocycles. The Morgan fingerprint density at radius 1 is 1.03 bits per heavy atom. The minimum atomic E-state index is -1.17. The van der Waals surface area contributed by atoms with Gasteiger partial charge in [0.1, 0.15) is 5.75 Å². The number of carboxylic acid groups (broad SMARTS) is 1. The molecule has 0 atom stereocenters. The smallest absolute Gasteiger partial charge is 0.339 e. The van der Waals surface area contributed by atoms with E-state index in [4.69, 9.17) is 16.3 Å². The number of carbonyl (C=O) groups is 2. The van der Waals surface area contributed by atoms with Crippen molar-refractivity contribution in [3.05, 3.63) is 76.8 Å². The van der Waals surface area contributed by atoms with E-state index >= 15 is 0 Å². The Morgan fingerprint density at radius 2 is 1.76 bits per heavy atom. The van der Waals surface area contributed by atoms with Crippen LogP contribution in [0.5, 0.6) is 5.75 Å². The van der Waals surface area contributed by atoms with Gasteiger partial charge in [0.2, 0.25) is 0 Å². The van der Waals surface area contributed by atoms with Crippen LogP contribution in [0.1, 0.15) is 20.7 Å². The lowest BCUT2D eigenvalue weighted by Crippen LogP contribution is -2.05. The second-order valence-corrected chi connectivity index (χ2v) is 7.19. The van der Waals surface area contributed by atoms with Gasteiger partial charge in [-0.2, -0.15) is 0 Å². The van der Waals surface area contributed by atoms with E-state index in [0.29, 0.717) is 11.3 Å². The van der Waals surface area contributed by atoms with Crippen molar-refractivity contribution in [3.8, 4) is 16.9 Å². The quantitative estimate of drug-likeness (QED) is 0.360. The third-order valence-electron chi connectivity index (χ3n) is 4.08. The maximum Gasteiger partial charge on any atom is 0.339 e. The van der Waals surface area contributed by atoms with Crippen molar-refractivity contribution in [2.75, 3.05) is 11.8 Å². The van der Waals surface area contributed by atoms with Crippen LogP contribution in [0.2, 0.25) is 5.02 Å². The maximum atomic E-state index is 12.1. The highest BCUT2D eigenvalue weighted by Crippen LogP contribution is 2.37. The van der Waals surface area contributed by atoms with Gasteiger partial charge in [-0.3, -0.25) is 0 Å². The number of hydrogen-bond donors (Lipinski definition) is 3. The maximum absolute atomic E-state index is 12.1. The molecule has 0 heterocycles. The normalized spacial score (nSPS) is 10.4. The summed E-state index contributed by atoms with van der Waals surface area (Å²) in [6.07, 6.45) is 0. The largest absolute Gasteiger partial charge is 0.505 e. The molecule has 0 bridgehead atoms. The number of phenols is 1. The van der Waals surface area contributed by atoms with Gasteiger partial charge < -0.3 is 19.7 Å². The van der Waals surface area contributed by atoms with Crippen LogP contribution in [-0.4, -0.2) is 29.3 Å². The zero-order valence-corrected chi connectivity index (χ0v) is 16.8. The Balaban J connectivity index is 1.97. The van der Waals surface area contributed by atoms with Crippen LogP contribution in [0.4, 0.5) is 5.69 Å². The molecule has 8 heteroatoms. The van der Waals surface area contributed by atoms with Gasteiger partial charge in [-0.15, -0.1) is 0 Å². The van der Waals surface area contributed by atoms with E-state index in [2.05, 4.69) is 4.72 Å². The third-order valence-corrected chi connectivity index (χ3v) is 5.22. The number of aromatic carboxylic acids is 1. The molecule has 0 saturated heterocycles. The Morgan fingerprint density at radius 3 is 2.41 bits per heavy atom. The summed E-state index contributed by atoms with van der Waals surface area (Å²) in [5, 5.41) is 19.3. The number of aromatic hydroxyl groups is 1. The lowest BCUT2D eigenvalue weighted by molar-refractivity contribution is 0.0601. The van der Waals surface area contributed by atoms with E-state index in [-0.39, 0.29) is 21.2 Å². The van der Waals surface area contributed by atoms with Gasteiger partial charge in [0.05, 0.1) is 33.8 Å². The van der Waals surface area contributed by atoms with Crippen LogP contribution in [0.3, 0.4) is 0 Å². The van der Waals surface area contributed by atoms with Crippen LogP contribution in [0.25, 0.3) is 11.1 Å². The molecule has 148 valence electrons. The highest BCUT2D eigenvalue weighted by molar-refractivity contribution is 8.00. The summed E-state index contributed by atoms with van der Waals surface area (Å²) in [5.74, 6) is -1.96. The molecule has 3 N–H and O–H groups in total. The molecule has 3 rings (SSSR count). The predicted molar refractivity (Wildman–Crippen MR) is 113 cm³/mol. The number of anilines is 1. The molecule has 0 unspecified atom stereocenters. The summed E-state index contributed by atoms with van der Waals surface area (Å²) in [6, 6.07) is 17.3. The van der Waals surface area contributed by atoms with Crippen LogP contribution in [-0.2, 0) is 4.74 Å². The van der Waals surface area contributed by atoms with Gasteiger partial charge in [-0.05, 0) is 47.3 Å². The van der Waals surface area contributed by atoms with Gasteiger partial charge in [0.15, 0.2) is 0 Å². The molecule has 0 fully saturated rings. The standard InChI is InChI=1S/C21H16ClNO5S/c1-28-21(27)15-8-7-13(12-5-3-2-4-6-12)10-17(15)23-29-18-11-14(20(25)26)9-16(22)19(18)24/h2-11,23-24H,1H3,(H,25,26). The fourth-order valence-corrected chi connectivity index (χ4v) is 3.67. The molecule has 0 aliphatic rings. The van der Waals surface area contributed by atoms with Crippen LogP contribution >= 0.6 is 23.5 Å². The number of rotatable bonds is 6. The molecule has 0 aliphatic heterocycles. The van der Waals surface area contributed by atoms with Crippen LogP contribution in [0, 0.1) is 0 Å². The summed E-state index contributed by atoms with van der Waals surface area (Å²) < 4.78 is 7.82. The van der Waals surface area contributed by atoms with Gasteiger partial charge in [-0.25, -0.2) is 9.59 Å². The second-order valence-electron chi connectivity index (χ2n) is 5.93. The average molecular weight is 430 g/mol. The average Bonchev–Trinajstić information content (AvgIpc) is 2.74. The van der Waals surface area contributed by atoms with E-state index in [1.54, 1.807) is 18.2 Å². The first-order valence-corrected chi connectivity index (χ1v) is 9.56. The van der Waals surface area contributed by atoms with E-state index in [0.717, 1.165) is 23.1 Å². The first-order chi connectivity index (χ1) is 13.9. The van der Waals surface area contributed by atoms with Gasteiger partial charge in [-0.1, -0.05) is 48.0 Å². The number of methoxy groups -OCH3 is 1. The summed E-state index contributed by atoms with van der Waals surface area (Å²) >= 11 is 6.86. The molecule has 29 heavy (non-hydrogen) atoms. The van der Waals surface area contributed by atoms with Crippen molar-refractivity contribution in [2.45, 2.75) is 4.90 Å². The molecule has 0 spiro atoms. The van der Waals surface area contributed by atoms with Crippen molar-refractivity contribution >= 4 is 41.2 Å². The summed E-state index contributed by atoms with van der Waals surface area (Å²) in [4.78, 5) is 23.6. The summed E-state index contributed by atoms with van der Waals surface area (Å²) in [6.45, 7) is 0. The Hall–Kier alpha value is -3.16. The van der Waals surface area contributed by atoms with E-state index in [9.17, 15) is 19.8 Å². The van der Waals surface area contributed by atoms with Gasteiger partial charge in [0, 0.05) is 0 Å². The van der Waals surface area contributed by atoms with Crippen LogP contribution < -0.4 is 4.72 Å². The Kier molecular flexibility index (Phi) is 6.31. The summed E-state index contributed by atoms with van der Waals surface area (Å²) in [7, 11) is 1.28. The molecule has 0 aliphatic carbocycles. The lowest BCUT2D eigenvalue weighted by Gasteiger charge is -2.14. The second kappa shape index (κ2) is 8.89. The van der Waals surface area contributed by atoms with Crippen molar-refractivity contribution in [1.29, 1.82) is 0 Å². The number of benzene rings is 3. The first kappa shape index (κ1) is 20.6. The molecule has 0 saturated carbocycles. The van der Waals surface area contributed by atoms with Crippen molar-refractivity contribution in [1.82, 2.24) is 0 Å². The number of esters is 1. The summed E-state index contributed by atoms with van der Waals surface area (Å²) in [5.41, 5.74) is 2.49. The number of hydrogen-bond acceptors (Lipinski definition) is 6. The number of ether oxygens (including phenoxy) is 1. The fourth-order valence-electron chi connectivity index (χ4n) is 2.61. The van der Waals surface area contributed by atoms with Crippen molar-refractivity contribution in [2.24, 2.45) is 0 Å². The number of phenolic OH excluding ortho intramolecular Hbond substituents is 1.